The van der Waals surface area contributed by atoms with E-state index in [9.17, 15) is 0 Å². The average molecular weight is 151 g/mol. The van der Waals surface area contributed by atoms with Crippen LogP contribution in [0.25, 0.3) is 0 Å². The lowest BCUT2D eigenvalue weighted by Gasteiger charge is -2.24. The minimum atomic E-state index is 0.381. The van der Waals surface area contributed by atoms with E-state index >= 15 is 0 Å². The molecule has 0 rings (SSSR count). The molecule has 0 spiro atoms. The lowest BCUT2D eigenvalue weighted by atomic mass is 10.2. The van der Waals surface area contributed by atoms with Gasteiger partial charge in [0.15, 0.2) is 0 Å². The molecule has 1 atom stereocenters. The Bertz CT molecular complexity index is 168. The van der Waals surface area contributed by atoms with E-state index in [-0.39, 0.29) is 0 Å². The molecule has 0 heterocycles. The Morgan fingerprint density at radius 2 is 2.00 bits per heavy atom. The molecule has 0 bridgehead atoms. The van der Waals surface area contributed by atoms with Crippen molar-refractivity contribution < 1.29 is 0 Å². The van der Waals surface area contributed by atoms with Gasteiger partial charge in [-0.2, -0.15) is 0 Å². The second-order valence-corrected chi connectivity index (χ2v) is 2.63. The van der Waals surface area contributed by atoms with Gasteiger partial charge in [0.25, 0.3) is 0 Å². The number of likely N-dealkylation sites (N-methyl/N-ethyl adjacent to an activating group) is 1. The van der Waals surface area contributed by atoms with E-state index in [1.54, 1.807) is 6.08 Å². The molecule has 0 aromatic heterocycles. The smallest absolute Gasteiger partial charge is 0.0435 e. The van der Waals surface area contributed by atoms with Gasteiger partial charge in [-0.05, 0) is 19.9 Å². The van der Waals surface area contributed by atoms with Crippen molar-refractivity contribution in [1.29, 1.82) is 0 Å². The van der Waals surface area contributed by atoms with Crippen LogP contribution < -0.4 is 0 Å². The van der Waals surface area contributed by atoms with Crippen molar-refractivity contribution in [2.75, 3.05) is 7.05 Å². The van der Waals surface area contributed by atoms with Crippen LogP contribution in [0.4, 0.5) is 0 Å². The maximum atomic E-state index is 3.73. The number of nitrogens with zero attached hydrogens (tertiary/aromatic N) is 1. The molecule has 0 aliphatic carbocycles. The largest absolute Gasteiger partial charge is 0.372 e. The number of rotatable bonds is 4. The zero-order valence-electron chi connectivity index (χ0n) is 7.67. The van der Waals surface area contributed by atoms with Crippen LogP contribution in [0.5, 0.6) is 0 Å². The summed E-state index contributed by atoms with van der Waals surface area (Å²) >= 11 is 0. The number of allylic oxidation sites excluding steroid dienone is 3. The fourth-order valence-corrected chi connectivity index (χ4v) is 0.767. The van der Waals surface area contributed by atoms with Crippen LogP contribution in [-0.4, -0.2) is 18.0 Å². The zero-order chi connectivity index (χ0) is 8.85. The Morgan fingerprint density at radius 1 is 1.45 bits per heavy atom. The summed E-state index contributed by atoms with van der Waals surface area (Å²) in [6.45, 7) is 11.5. The van der Waals surface area contributed by atoms with Crippen LogP contribution in [0.1, 0.15) is 13.8 Å². The summed E-state index contributed by atoms with van der Waals surface area (Å²) < 4.78 is 0. The molecule has 0 fully saturated rings. The lowest BCUT2D eigenvalue weighted by Crippen LogP contribution is -2.24. The Morgan fingerprint density at radius 3 is 2.36 bits per heavy atom. The van der Waals surface area contributed by atoms with Gasteiger partial charge < -0.3 is 4.90 Å². The summed E-state index contributed by atoms with van der Waals surface area (Å²) in [5.41, 5.74) is 1.20. The fraction of sp³-hybridized carbons (Fsp3) is 0.400. The number of hydrogen-bond donors (Lipinski definition) is 0. The minimum absolute atomic E-state index is 0.381. The summed E-state index contributed by atoms with van der Waals surface area (Å²) in [5, 5.41) is 0. The van der Waals surface area contributed by atoms with Gasteiger partial charge in [-0.3, -0.25) is 0 Å². The topological polar surface area (TPSA) is 3.24 Å². The van der Waals surface area contributed by atoms with Gasteiger partial charge in [0.2, 0.25) is 0 Å². The van der Waals surface area contributed by atoms with Crippen LogP contribution in [0.3, 0.4) is 0 Å². The first-order valence-electron chi connectivity index (χ1n) is 3.78. The maximum absolute atomic E-state index is 3.73. The Kier molecular flexibility index (Phi) is 4.35. The van der Waals surface area contributed by atoms with Crippen molar-refractivity contribution in [3.8, 4) is 0 Å². The summed E-state index contributed by atoms with van der Waals surface area (Å²) in [5.74, 6) is 0. The Balaban J connectivity index is 4.22. The molecule has 0 aliphatic heterocycles. The molecule has 0 aromatic rings. The molecule has 1 nitrogen and oxygen atoms in total. The van der Waals surface area contributed by atoms with Crippen LogP contribution in [0.2, 0.25) is 0 Å². The molecule has 0 saturated heterocycles. The molecule has 11 heavy (non-hydrogen) atoms. The van der Waals surface area contributed by atoms with Gasteiger partial charge in [-0.25, -0.2) is 0 Å². The monoisotopic (exact) mass is 151 g/mol. The number of hydrogen-bond acceptors (Lipinski definition) is 1. The fourth-order valence-electron chi connectivity index (χ4n) is 0.767. The molecule has 62 valence electrons. The Labute approximate surface area is 69.7 Å². The van der Waals surface area contributed by atoms with Crippen molar-refractivity contribution in [3.63, 3.8) is 0 Å². The maximum Gasteiger partial charge on any atom is 0.0435 e. The highest BCUT2D eigenvalue weighted by Gasteiger charge is 2.02. The van der Waals surface area contributed by atoms with Gasteiger partial charge >= 0.3 is 0 Å². The molecule has 1 heteroatoms. The van der Waals surface area contributed by atoms with E-state index in [0.717, 1.165) is 0 Å². The molecule has 0 N–H and O–H groups in total. The molecular weight excluding hydrogens is 134 g/mol. The first kappa shape index (κ1) is 10.0. The molecular formula is C10H17N. The Hall–Kier alpha value is -0.980. The van der Waals surface area contributed by atoms with Crippen LogP contribution in [0, 0.1) is 0 Å². The lowest BCUT2D eigenvalue weighted by molar-refractivity contribution is 0.374. The molecule has 0 aromatic carbocycles. The van der Waals surface area contributed by atoms with Gasteiger partial charge in [-0.1, -0.05) is 18.7 Å². The highest BCUT2D eigenvalue weighted by molar-refractivity contribution is 5.08. The van der Waals surface area contributed by atoms with E-state index in [0.29, 0.717) is 6.04 Å². The highest BCUT2D eigenvalue weighted by atomic mass is 15.1. The van der Waals surface area contributed by atoms with E-state index in [1.165, 1.54) is 5.70 Å². The summed E-state index contributed by atoms with van der Waals surface area (Å²) in [4.78, 5) is 2.15. The highest BCUT2D eigenvalue weighted by Crippen LogP contribution is 2.05. The van der Waals surface area contributed by atoms with Crippen LogP contribution >= 0.6 is 0 Å². The first-order valence-corrected chi connectivity index (χ1v) is 3.78. The molecule has 0 saturated carbocycles. The minimum Gasteiger partial charge on any atom is -0.372 e. The van der Waals surface area contributed by atoms with Crippen molar-refractivity contribution in [2.45, 2.75) is 19.9 Å². The average Bonchev–Trinajstić information content (AvgIpc) is 2.02. The molecule has 0 radical (unpaired) electrons. The predicted molar refractivity (Wildman–Crippen MR) is 51.4 cm³/mol. The zero-order valence-corrected chi connectivity index (χ0v) is 7.67. The summed E-state index contributed by atoms with van der Waals surface area (Å²) in [6.07, 6.45) is 5.70. The van der Waals surface area contributed by atoms with Gasteiger partial charge in [0.1, 0.15) is 0 Å². The molecule has 1 unspecified atom stereocenters. The third-order valence-electron chi connectivity index (χ3n) is 1.87. The second-order valence-electron chi connectivity index (χ2n) is 2.63. The van der Waals surface area contributed by atoms with E-state index in [4.69, 9.17) is 0 Å². The van der Waals surface area contributed by atoms with E-state index < -0.39 is 0 Å². The molecule has 0 amide bonds. The SMILES string of the molecule is C=C/C=C(\C)N(C)C(C)C=C. The standard InChI is InChI=1S/C10H17N/c1-6-8-10(4)11(5)9(3)7-2/h6-9H,1-2H2,3-5H3/b10-8+. The van der Waals surface area contributed by atoms with Crippen molar-refractivity contribution in [2.24, 2.45) is 0 Å². The second kappa shape index (κ2) is 4.78. The van der Waals surface area contributed by atoms with Crippen molar-refractivity contribution >= 4 is 0 Å². The van der Waals surface area contributed by atoms with Gasteiger partial charge in [-0.15, -0.1) is 6.58 Å². The third kappa shape index (κ3) is 3.08. The quantitative estimate of drug-likeness (QED) is 0.441. The van der Waals surface area contributed by atoms with Crippen molar-refractivity contribution in [1.82, 2.24) is 4.90 Å². The van der Waals surface area contributed by atoms with E-state index in [1.807, 2.05) is 19.2 Å². The van der Waals surface area contributed by atoms with Crippen LogP contribution in [0.15, 0.2) is 37.1 Å². The normalized spacial score (nSPS) is 13.9. The summed E-state index contributed by atoms with van der Waals surface area (Å²) in [7, 11) is 2.04. The first-order chi connectivity index (χ1) is 5.13. The summed E-state index contributed by atoms with van der Waals surface area (Å²) in [6, 6.07) is 0.381. The van der Waals surface area contributed by atoms with Crippen LogP contribution in [-0.2, 0) is 0 Å². The van der Waals surface area contributed by atoms with Gasteiger partial charge in [0, 0.05) is 18.8 Å². The van der Waals surface area contributed by atoms with E-state index in [2.05, 4.69) is 31.9 Å². The predicted octanol–water partition coefficient (Wildman–Crippen LogP) is 2.58. The third-order valence-corrected chi connectivity index (χ3v) is 1.87. The van der Waals surface area contributed by atoms with Gasteiger partial charge in [0.05, 0.1) is 0 Å². The molecule has 0 aliphatic rings. The van der Waals surface area contributed by atoms with Crippen molar-refractivity contribution in [3.05, 3.63) is 37.1 Å².